The summed E-state index contributed by atoms with van der Waals surface area (Å²) < 4.78 is 5.64. The molecule has 0 fully saturated rings. The average molecular weight is 219 g/mol. The highest BCUT2D eigenvalue weighted by Crippen LogP contribution is 2.29. The zero-order valence-electron chi connectivity index (χ0n) is 10.5. The second-order valence-electron chi connectivity index (χ2n) is 5.36. The lowest BCUT2D eigenvalue weighted by Crippen LogP contribution is -2.43. The molecule has 1 aromatic rings. The Morgan fingerprint density at radius 3 is 2.69 bits per heavy atom. The molecule has 2 nitrogen and oxygen atoms in total. The van der Waals surface area contributed by atoms with Crippen molar-refractivity contribution in [3.05, 3.63) is 29.8 Å². The largest absolute Gasteiger partial charge is 0.377 e. The highest BCUT2D eigenvalue weighted by Gasteiger charge is 2.24. The van der Waals surface area contributed by atoms with Crippen molar-refractivity contribution in [2.45, 2.75) is 39.3 Å². The zero-order valence-corrected chi connectivity index (χ0v) is 10.5. The van der Waals surface area contributed by atoms with Crippen LogP contribution in [0.3, 0.4) is 0 Å². The second-order valence-corrected chi connectivity index (χ2v) is 5.36. The zero-order chi connectivity index (χ0) is 11.6. The lowest BCUT2D eigenvalue weighted by Gasteiger charge is -2.40. The molecule has 0 spiro atoms. The normalized spacial score (nSPS) is 17.6. The molecule has 0 aromatic heterocycles. The number of anilines is 1. The van der Waals surface area contributed by atoms with Gasteiger partial charge in [0.05, 0.1) is 6.61 Å². The molecule has 0 saturated carbocycles. The Balaban J connectivity index is 2.39. The Labute approximate surface area is 98.2 Å². The van der Waals surface area contributed by atoms with Gasteiger partial charge in [-0.25, -0.2) is 0 Å². The molecule has 0 unspecified atom stereocenters. The molecule has 0 radical (unpaired) electrons. The van der Waals surface area contributed by atoms with Crippen LogP contribution in [0.4, 0.5) is 5.69 Å². The van der Waals surface area contributed by atoms with E-state index in [0.29, 0.717) is 0 Å². The van der Waals surface area contributed by atoms with Gasteiger partial charge in [-0.15, -0.1) is 0 Å². The van der Waals surface area contributed by atoms with E-state index in [4.69, 9.17) is 4.74 Å². The van der Waals surface area contributed by atoms with Crippen LogP contribution in [-0.2, 0) is 11.3 Å². The second kappa shape index (κ2) is 4.46. The van der Waals surface area contributed by atoms with Gasteiger partial charge in [-0.05, 0) is 33.3 Å². The molecule has 0 amide bonds. The van der Waals surface area contributed by atoms with Gasteiger partial charge in [-0.1, -0.05) is 18.2 Å². The molecule has 2 heteroatoms. The molecular formula is C14H21NO. The van der Waals surface area contributed by atoms with Gasteiger partial charge in [0.2, 0.25) is 0 Å². The van der Waals surface area contributed by atoms with E-state index >= 15 is 0 Å². The van der Waals surface area contributed by atoms with Gasteiger partial charge in [0, 0.05) is 29.9 Å². The van der Waals surface area contributed by atoms with Crippen LogP contribution < -0.4 is 4.90 Å². The smallest absolute Gasteiger partial charge is 0.0737 e. The summed E-state index contributed by atoms with van der Waals surface area (Å²) in [4.78, 5) is 2.49. The molecule has 0 N–H and O–H groups in total. The fourth-order valence-corrected chi connectivity index (χ4v) is 2.22. The molecule has 0 bridgehead atoms. The maximum atomic E-state index is 5.64. The summed E-state index contributed by atoms with van der Waals surface area (Å²) in [7, 11) is 0. The molecule has 0 saturated heterocycles. The highest BCUT2D eigenvalue weighted by molar-refractivity contribution is 5.55. The quantitative estimate of drug-likeness (QED) is 0.664. The number of fused-ring (bicyclic) bond motifs is 1. The summed E-state index contributed by atoms with van der Waals surface area (Å²) in [5.74, 6) is 0. The van der Waals surface area contributed by atoms with E-state index in [1.807, 2.05) is 0 Å². The van der Waals surface area contributed by atoms with Crippen molar-refractivity contribution < 1.29 is 4.74 Å². The minimum absolute atomic E-state index is 0.174. The van der Waals surface area contributed by atoms with Gasteiger partial charge in [0.15, 0.2) is 0 Å². The van der Waals surface area contributed by atoms with Crippen molar-refractivity contribution in [2.24, 2.45) is 0 Å². The van der Waals surface area contributed by atoms with Gasteiger partial charge in [0.1, 0.15) is 0 Å². The van der Waals surface area contributed by atoms with Crippen molar-refractivity contribution in [3.63, 3.8) is 0 Å². The predicted molar refractivity (Wildman–Crippen MR) is 67.8 cm³/mol. The first-order chi connectivity index (χ1) is 7.59. The van der Waals surface area contributed by atoms with Crippen molar-refractivity contribution in [1.29, 1.82) is 0 Å². The van der Waals surface area contributed by atoms with Crippen LogP contribution in [0.5, 0.6) is 0 Å². The van der Waals surface area contributed by atoms with Crippen LogP contribution in [-0.4, -0.2) is 18.7 Å². The number of rotatable bonds is 0. The first-order valence-corrected chi connectivity index (χ1v) is 6.02. The van der Waals surface area contributed by atoms with Gasteiger partial charge >= 0.3 is 0 Å². The lowest BCUT2D eigenvalue weighted by molar-refractivity contribution is 0.115. The molecule has 0 atom stereocenters. The molecule has 88 valence electrons. The highest BCUT2D eigenvalue weighted by atomic mass is 16.5. The Kier molecular flexibility index (Phi) is 3.20. The molecule has 1 aliphatic rings. The molecular weight excluding hydrogens is 198 g/mol. The minimum atomic E-state index is 0.174. The SMILES string of the molecule is CC(C)(C)N1CCCOCc2ccccc21. The van der Waals surface area contributed by atoms with E-state index in [2.05, 4.69) is 49.9 Å². The number of hydrogen-bond donors (Lipinski definition) is 0. The summed E-state index contributed by atoms with van der Waals surface area (Å²) >= 11 is 0. The molecule has 1 aliphatic heterocycles. The van der Waals surface area contributed by atoms with Crippen molar-refractivity contribution >= 4 is 5.69 Å². The van der Waals surface area contributed by atoms with E-state index in [-0.39, 0.29) is 5.54 Å². The van der Waals surface area contributed by atoms with Gasteiger partial charge < -0.3 is 9.64 Å². The fraction of sp³-hybridized carbons (Fsp3) is 0.571. The van der Waals surface area contributed by atoms with Crippen molar-refractivity contribution in [1.82, 2.24) is 0 Å². The van der Waals surface area contributed by atoms with Crippen LogP contribution in [0.25, 0.3) is 0 Å². The van der Waals surface area contributed by atoms with Crippen LogP contribution >= 0.6 is 0 Å². The number of ether oxygens (including phenoxy) is 1. The van der Waals surface area contributed by atoms with Crippen LogP contribution in [0.15, 0.2) is 24.3 Å². The number of benzene rings is 1. The van der Waals surface area contributed by atoms with Gasteiger partial charge in [0.25, 0.3) is 0 Å². The molecule has 16 heavy (non-hydrogen) atoms. The van der Waals surface area contributed by atoms with Crippen molar-refractivity contribution in [3.8, 4) is 0 Å². The van der Waals surface area contributed by atoms with E-state index in [1.54, 1.807) is 0 Å². The molecule has 1 heterocycles. The third-order valence-electron chi connectivity index (χ3n) is 3.02. The van der Waals surface area contributed by atoms with E-state index < -0.39 is 0 Å². The minimum Gasteiger partial charge on any atom is -0.377 e. The number of hydrogen-bond acceptors (Lipinski definition) is 2. The summed E-state index contributed by atoms with van der Waals surface area (Å²) in [5, 5.41) is 0. The number of para-hydroxylation sites is 1. The number of nitrogens with zero attached hydrogens (tertiary/aromatic N) is 1. The topological polar surface area (TPSA) is 12.5 Å². The third kappa shape index (κ3) is 2.38. The summed E-state index contributed by atoms with van der Waals surface area (Å²) in [6.07, 6.45) is 1.10. The van der Waals surface area contributed by atoms with Gasteiger partial charge in [-0.3, -0.25) is 0 Å². The first kappa shape index (κ1) is 11.5. The lowest BCUT2D eigenvalue weighted by atomic mass is 10.0. The maximum Gasteiger partial charge on any atom is 0.0737 e. The Bertz CT molecular complexity index is 354. The average Bonchev–Trinajstić information content (AvgIpc) is 2.17. The Morgan fingerprint density at radius 1 is 1.19 bits per heavy atom. The van der Waals surface area contributed by atoms with E-state index in [1.165, 1.54) is 11.3 Å². The third-order valence-corrected chi connectivity index (χ3v) is 3.02. The summed E-state index contributed by atoms with van der Waals surface area (Å²) in [6.45, 7) is 9.48. The van der Waals surface area contributed by atoms with Crippen molar-refractivity contribution in [2.75, 3.05) is 18.1 Å². The van der Waals surface area contributed by atoms with Crippen LogP contribution in [0.2, 0.25) is 0 Å². The van der Waals surface area contributed by atoms with E-state index in [9.17, 15) is 0 Å². The van der Waals surface area contributed by atoms with Crippen LogP contribution in [0, 0.1) is 0 Å². The maximum absolute atomic E-state index is 5.64. The van der Waals surface area contributed by atoms with Gasteiger partial charge in [-0.2, -0.15) is 0 Å². The summed E-state index contributed by atoms with van der Waals surface area (Å²) in [5.41, 5.74) is 2.81. The fourth-order valence-electron chi connectivity index (χ4n) is 2.22. The monoisotopic (exact) mass is 219 g/mol. The predicted octanol–water partition coefficient (Wildman–Crippen LogP) is 3.21. The van der Waals surface area contributed by atoms with E-state index in [0.717, 1.165) is 26.2 Å². The standard InChI is InChI=1S/C14H21NO/c1-14(2,3)15-9-6-10-16-11-12-7-4-5-8-13(12)15/h4-5,7-8H,6,9-11H2,1-3H3. The summed E-state index contributed by atoms with van der Waals surface area (Å²) in [6, 6.07) is 8.57. The first-order valence-electron chi connectivity index (χ1n) is 6.02. The molecule has 2 rings (SSSR count). The van der Waals surface area contributed by atoms with Crippen LogP contribution in [0.1, 0.15) is 32.8 Å². The Hall–Kier alpha value is -1.02. The molecule has 0 aliphatic carbocycles. The molecule has 1 aromatic carbocycles. The Morgan fingerprint density at radius 2 is 1.94 bits per heavy atom.